The minimum atomic E-state index is -5.08. The molecule has 0 unspecified atom stereocenters. The third kappa shape index (κ3) is 9.47. The summed E-state index contributed by atoms with van der Waals surface area (Å²) in [4.78, 5) is 29.0. The number of rotatable bonds is 5. The molecule has 0 aliphatic rings. The Morgan fingerprint density at radius 3 is 2.11 bits per heavy atom. The summed E-state index contributed by atoms with van der Waals surface area (Å²) in [5, 5.41) is 14.9. The van der Waals surface area contributed by atoms with Gasteiger partial charge in [0.15, 0.2) is 0 Å². The Bertz CT molecular complexity index is 1260. The first-order valence-corrected chi connectivity index (χ1v) is 10.5. The molecule has 3 rings (SSSR count). The van der Waals surface area contributed by atoms with E-state index in [1.54, 1.807) is 31.3 Å². The minimum absolute atomic E-state index is 0.0189. The molecule has 0 atom stereocenters. The number of ether oxygens (including phenoxy) is 1. The number of carbonyl (C=O) groups excluding carboxylic acids is 1. The highest BCUT2D eigenvalue weighted by atomic mass is 79.9. The maximum atomic E-state index is 12.8. The Hall–Kier alpha value is -4.08. The summed E-state index contributed by atoms with van der Waals surface area (Å²) in [5.74, 6) is -1.41. The third-order valence-electron chi connectivity index (χ3n) is 3.99. The molecule has 0 aliphatic heterocycles. The molecular weight excluding hydrogens is 580 g/mol. The molecule has 0 spiro atoms. The summed E-state index contributed by atoms with van der Waals surface area (Å²) in [6.45, 7) is 0. The van der Waals surface area contributed by atoms with E-state index in [0.29, 0.717) is 27.6 Å². The van der Waals surface area contributed by atoms with Gasteiger partial charge in [0.1, 0.15) is 17.9 Å². The van der Waals surface area contributed by atoms with E-state index >= 15 is 0 Å². The van der Waals surface area contributed by atoms with E-state index in [0.717, 1.165) is 12.1 Å². The summed E-state index contributed by atoms with van der Waals surface area (Å²) in [5.41, 5.74) is -0.432. The first-order chi connectivity index (χ1) is 17.2. The first-order valence-electron chi connectivity index (χ1n) is 9.71. The van der Waals surface area contributed by atoms with Gasteiger partial charge in [0.2, 0.25) is 5.88 Å². The van der Waals surface area contributed by atoms with Gasteiger partial charge < -0.3 is 25.8 Å². The lowest BCUT2D eigenvalue weighted by molar-refractivity contribution is -0.192. The van der Waals surface area contributed by atoms with Gasteiger partial charge in [0, 0.05) is 24.5 Å². The smallest absolute Gasteiger partial charge is 0.475 e. The van der Waals surface area contributed by atoms with Crippen molar-refractivity contribution >= 4 is 45.1 Å². The van der Waals surface area contributed by atoms with Crippen LogP contribution in [0.1, 0.15) is 5.56 Å². The highest BCUT2D eigenvalue weighted by molar-refractivity contribution is 9.10. The van der Waals surface area contributed by atoms with E-state index < -0.39 is 29.9 Å². The molecule has 0 saturated heterocycles. The van der Waals surface area contributed by atoms with Crippen LogP contribution in [-0.4, -0.2) is 40.3 Å². The number of carboxylic acids is 1. The number of carboxylic acid groups (broad SMARTS) is 1. The molecule has 0 saturated carbocycles. The van der Waals surface area contributed by atoms with Crippen molar-refractivity contribution in [2.75, 3.05) is 23.0 Å². The van der Waals surface area contributed by atoms with Gasteiger partial charge in [0.05, 0.1) is 10.0 Å². The molecule has 1 heterocycles. The second-order valence-corrected chi connectivity index (χ2v) is 7.55. The lowest BCUT2D eigenvalue weighted by atomic mass is 10.2. The molecule has 3 aromatic rings. The highest BCUT2D eigenvalue weighted by Gasteiger charge is 2.38. The standard InChI is InChI=1S/C19H15BrF3N5O2.C2HF3O2/c1-24-16-9-17(26-10-25-16)30-15-6-5-13(8-14(15)20)28-18(29)27-12-4-2-3-11(7-12)19(21,22)23;3-2(4,5)1(6)7/h2-10H,1H3,(H,24,25,26)(H2,27,28,29);(H,6,7). The average molecular weight is 596 g/mol. The second-order valence-electron chi connectivity index (χ2n) is 6.70. The Morgan fingerprint density at radius 1 is 0.946 bits per heavy atom. The fourth-order valence-corrected chi connectivity index (χ4v) is 2.83. The Labute approximate surface area is 213 Å². The number of nitrogens with one attached hydrogen (secondary N) is 3. The average Bonchev–Trinajstić information content (AvgIpc) is 2.80. The maximum absolute atomic E-state index is 12.8. The molecule has 0 fully saturated rings. The van der Waals surface area contributed by atoms with Crippen molar-refractivity contribution in [1.29, 1.82) is 0 Å². The summed E-state index contributed by atoms with van der Waals surface area (Å²) < 4.78 is 76.3. The van der Waals surface area contributed by atoms with Gasteiger partial charge in [-0.05, 0) is 52.3 Å². The number of alkyl halides is 6. The van der Waals surface area contributed by atoms with Crippen LogP contribution in [0.5, 0.6) is 11.6 Å². The number of hydrogen-bond acceptors (Lipinski definition) is 6. The monoisotopic (exact) mass is 595 g/mol. The molecular formula is C21H16BrF6N5O4. The Kier molecular flexibility index (Phi) is 9.65. The van der Waals surface area contributed by atoms with Crippen molar-refractivity contribution in [2.24, 2.45) is 0 Å². The molecule has 198 valence electrons. The van der Waals surface area contributed by atoms with Crippen LogP contribution >= 0.6 is 15.9 Å². The van der Waals surface area contributed by atoms with Crippen LogP contribution in [0.3, 0.4) is 0 Å². The molecule has 16 heteroatoms. The molecule has 0 radical (unpaired) electrons. The fourth-order valence-electron chi connectivity index (χ4n) is 2.37. The van der Waals surface area contributed by atoms with E-state index in [1.165, 1.54) is 18.5 Å². The van der Waals surface area contributed by atoms with Crippen molar-refractivity contribution in [2.45, 2.75) is 12.4 Å². The van der Waals surface area contributed by atoms with Gasteiger partial charge in [-0.25, -0.2) is 19.6 Å². The van der Waals surface area contributed by atoms with Gasteiger partial charge in [-0.1, -0.05) is 6.07 Å². The van der Waals surface area contributed by atoms with Gasteiger partial charge in [0.25, 0.3) is 0 Å². The van der Waals surface area contributed by atoms with Crippen LogP contribution < -0.4 is 20.7 Å². The molecule has 9 nitrogen and oxygen atoms in total. The number of urea groups is 1. The summed E-state index contributed by atoms with van der Waals surface area (Å²) in [6, 6.07) is 10.0. The lowest BCUT2D eigenvalue weighted by Crippen LogP contribution is -2.21. The number of amides is 2. The maximum Gasteiger partial charge on any atom is 0.490 e. The molecule has 1 aromatic heterocycles. The van der Waals surface area contributed by atoms with Crippen LogP contribution in [0.25, 0.3) is 0 Å². The predicted molar refractivity (Wildman–Crippen MR) is 124 cm³/mol. The number of halogens is 7. The summed E-state index contributed by atoms with van der Waals surface area (Å²) >= 11 is 3.35. The predicted octanol–water partition coefficient (Wildman–Crippen LogP) is 6.37. The first kappa shape index (κ1) is 29.2. The largest absolute Gasteiger partial charge is 0.490 e. The van der Waals surface area contributed by atoms with Crippen LogP contribution in [0.15, 0.2) is 59.3 Å². The van der Waals surface area contributed by atoms with Crippen LogP contribution in [-0.2, 0) is 11.0 Å². The van der Waals surface area contributed by atoms with Gasteiger partial charge in [-0.3, -0.25) is 0 Å². The number of carbonyl (C=O) groups is 2. The minimum Gasteiger partial charge on any atom is -0.475 e. The van der Waals surface area contributed by atoms with Crippen molar-refractivity contribution < 1.29 is 45.8 Å². The van der Waals surface area contributed by atoms with Gasteiger partial charge >= 0.3 is 24.4 Å². The van der Waals surface area contributed by atoms with Gasteiger partial charge in [-0.2, -0.15) is 26.3 Å². The number of anilines is 3. The fraction of sp³-hybridized carbons (Fsp3) is 0.143. The topological polar surface area (TPSA) is 125 Å². The Balaban J connectivity index is 0.000000604. The van der Waals surface area contributed by atoms with E-state index in [2.05, 4.69) is 41.8 Å². The highest BCUT2D eigenvalue weighted by Crippen LogP contribution is 2.32. The third-order valence-corrected chi connectivity index (χ3v) is 4.61. The van der Waals surface area contributed by atoms with Gasteiger partial charge in [-0.15, -0.1) is 0 Å². The van der Waals surface area contributed by atoms with Crippen molar-refractivity contribution in [1.82, 2.24) is 9.97 Å². The molecule has 0 bridgehead atoms. The van der Waals surface area contributed by atoms with Crippen LogP contribution in [0.4, 0.5) is 48.3 Å². The van der Waals surface area contributed by atoms with E-state index in [4.69, 9.17) is 14.6 Å². The molecule has 4 N–H and O–H groups in total. The zero-order valence-corrected chi connectivity index (χ0v) is 20.0. The quantitative estimate of drug-likeness (QED) is 0.252. The summed E-state index contributed by atoms with van der Waals surface area (Å²) in [6.07, 6.45) is -8.23. The van der Waals surface area contributed by atoms with Crippen molar-refractivity contribution in [3.63, 3.8) is 0 Å². The molecule has 2 amide bonds. The molecule has 2 aromatic carbocycles. The zero-order valence-electron chi connectivity index (χ0n) is 18.4. The zero-order chi connectivity index (χ0) is 27.8. The Morgan fingerprint density at radius 2 is 1.57 bits per heavy atom. The second kappa shape index (κ2) is 12.2. The van der Waals surface area contributed by atoms with E-state index in [1.807, 2.05) is 0 Å². The molecule has 0 aliphatic carbocycles. The van der Waals surface area contributed by atoms with Crippen molar-refractivity contribution in [3.05, 3.63) is 64.9 Å². The number of aromatic nitrogens is 2. The van der Waals surface area contributed by atoms with Crippen LogP contribution in [0.2, 0.25) is 0 Å². The van der Waals surface area contributed by atoms with Crippen molar-refractivity contribution in [3.8, 4) is 11.6 Å². The lowest BCUT2D eigenvalue weighted by Gasteiger charge is -2.12. The van der Waals surface area contributed by atoms with E-state index in [-0.39, 0.29) is 5.69 Å². The van der Waals surface area contributed by atoms with Crippen LogP contribution in [0, 0.1) is 0 Å². The molecule has 37 heavy (non-hydrogen) atoms. The SMILES string of the molecule is CNc1cc(Oc2ccc(NC(=O)Nc3cccc(C(F)(F)F)c3)cc2Br)ncn1.O=C(O)C(F)(F)F. The normalized spacial score (nSPS) is 11.0. The number of nitrogens with zero attached hydrogens (tertiary/aromatic N) is 2. The number of aliphatic carboxylic acids is 1. The summed E-state index contributed by atoms with van der Waals surface area (Å²) in [7, 11) is 1.72. The number of benzene rings is 2. The number of hydrogen-bond donors (Lipinski definition) is 4. The van der Waals surface area contributed by atoms with E-state index in [9.17, 15) is 31.1 Å².